The van der Waals surface area contributed by atoms with E-state index in [2.05, 4.69) is 4.98 Å². The van der Waals surface area contributed by atoms with Crippen molar-refractivity contribution in [3.8, 4) is 11.5 Å². The maximum atomic E-state index is 13.3. The Morgan fingerprint density at radius 2 is 2.00 bits per heavy atom. The van der Waals surface area contributed by atoms with Gasteiger partial charge in [-0.15, -0.1) is 0 Å². The van der Waals surface area contributed by atoms with Crippen molar-refractivity contribution in [3.05, 3.63) is 54.1 Å². The van der Waals surface area contributed by atoms with E-state index in [1.54, 1.807) is 24.4 Å². The van der Waals surface area contributed by atoms with Crippen LogP contribution in [-0.2, 0) is 6.61 Å². The van der Waals surface area contributed by atoms with Crippen molar-refractivity contribution >= 4 is 0 Å². The van der Waals surface area contributed by atoms with E-state index in [0.717, 1.165) is 0 Å². The van der Waals surface area contributed by atoms with Crippen LogP contribution in [0.4, 0.5) is 4.39 Å². The maximum Gasteiger partial charge on any atom is 0.165 e. The van der Waals surface area contributed by atoms with E-state index in [0.29, 0.717) is 11.3 Å². The van der Waals surface area contributed by atoms with Crippen LogP contribution in [0.1, 0.15) is 5.56 Å². The summed E-state index contributed by atoms with van der Waals surface area (Å²) in [6, 6.07) is 7.70. The van der Waals surface area contributed by atoms with Crippen LogP contribution in [0.25, 0.3) is 0 Å². The van der Waals surface area contributed by atoms with Gasteiger partial charge in [-0.05, 0) is 18.2 Å². The van der Waals surface area contributed by atoms with Gasteiger partial charge in [-0.2, -0.15) is 0 Å². The lowest BCUT2D eigenvalue weighted by atomic mass is 10.2. The molecule has 0 aliphatic heterocycles. The van der Waals surface area contributed by atoms with Gasteiger partial charge < -0.3 is 9.84 Å². The highest BCUT2D eigenvalue weighted by Crippen LogP contribution is 2.26. The molecule has 3 nitrogen and oxygen atoms in total. The second kappa shape index (κ2) is 4.72. The zero-order valence-electron chi connectivity index (χ0n) is 8.43. The average molecular weight is 219 g/mol. The van der Waals surface area contributed by atoms with E-state index in [1.807, 2.05) is 0 Å². The fourth-order valence-corrected chi connectivity index (χ4v) is 1.28. The van der Waals surface area contributed by atoms with Crippen molar-refractivity contribution in [1.29, 1.82) is 0 Å². The summed E-state index contributed by atoms with van der Waals surface area (Å²) in [5.74, 6) is 0.0237. The predicted molar refractivity (Wildman–Crippen MR) is 56.6 cm³/mol. The summed E-state index contributed by atoms with van der Waals surface area (Å²) in [6.45, 7) is -0.174. The monoisotopic (exact) mass is 219 g/mol. The molecule has 4 heteroatoms. The first kappa shape index (κ1) is 10.6. The van der Waals surface area contributed by atoms with Gasteiger partial charge in [0.05, 0.1) is 12.8 Å². The van der Waals surface area contributed by atoms with Gasteiger partial charge in [-0.1, -0.05) is 12.1 Å². The van der Waals surface area contributed by atoms with Gasteiger partial charge in [0.25, 0.3) is 0 Å². The summed E-state index contributed by atoms with van der Waals surface area (Å²) < 4.78 is 18.6. The molecule has 0 unspecified atom stereocenters. The molecule has 0 atom stereocenters. The van der Waals surface area contributed by atoms with E-state index in [1.165, 1.54) is 18.3 Å². The van der Waals surface area contributed by atoms with Gasteiger partial charge in [0.2, 0.25) is 0 Å². The topological polar surface area (TPSA) is 42.4 Å². The summed E-state index contributed by atoms with van der Waals surface area (Å²) in [7, 11) is 0. The third-order valence-electron chi connectivity index (χ3n) is 2.10. The quantitative estimate of drug-likeness (QED) is 0.862. The number of para-hydroxylation sites is 1. The molecule has 82 valence electrons. The molecular weight excluding hydrogens is 209 g/mol. The molecule has 0 saturated heterocycles. The number of aromatic nitrogens is 1. The average Bonchev–Trinajstić information content (AvgIpc) is 2.33. The molecule has 2 aromatic rings. The molecule has 16 heavy (non-hydrogen) atoms. The Bertz CT molecular complexity index is 488. The number of rotatable bonds is 3. The van der Waals surface area contributed by atoms with Gasteiger partial charge >= 0.3 is 0 Å². The predicted octanol–water partition coefficient (Wildman–Crippen LogP) is 2.51. The second-order valence-electron chi connectivity index (χ2n) is 3.17. The number of hydrogen-bond donors (Lipinski definition) is 1. The molecule has 0 bridgehead atoms. The zero-order chi connectivity index (χ0) is 11.4. The second-order valence-corrected chi connectivity index (χ2v) is 3.17. The van der Waals surface area contributed by atoms with Crippen molar-refractivity contribution in [3.63, 3.8) is 0 Å². The maximum absolute atomic E-state index is 13.3. The van der Waals surface area contributed by atoms with E-state index in [-0.39, 0.29) is 12.4 Å². The lowest BCUT2D eigenvalue weighted by Gasteiger charge is -2.09. The molecule has 1 heterocycles. The number of aliphatic hydroxyl groups excluding tert-OH is 1. The largest absolute Gasteiger partial charge is 0.452 e. The minimum atomic E-state index is -0.449. The molecule has 0 amide bonds. The van der Waals surface area contributed by atoms with Crippen LogP contribution in [0.3, 0.4) is 0 Å². The highest BCUT2D eigenvalue weighted by Gasteiger charge is 2.07. The highest BCUT2D eigenvalue weighted by molar-refractivity contribution is 5.35. The Hall–Kier alpha value is -1.94. The number of nitrogens with zero attached hydrogens (tertiary/aromatic N) is 1. The van der Waals surface area contributed by atoms with Gasteiger partial charge in [0.1, 0.15) is 0 Å². The van der Waals surface area contributed by atoms with Crippen molar-refractivity contribution in [2.24, 2.45) is 0 Å². The standard InChI is InChI=1S/C12H10FNO2/c13-10-3-1-2-4-11(10)16-12-7-14-6-5-9(12)8-15/h1-7,15H,8H2. The lowest BCUT2D eigenvalue weighted by molar-refractivity contribution is 0.275. The zero-order valence-corrected chi connectivity index (χ0v) is 8.43. The van der Waals surface area contributed by atoms with Crippen molar-refractivity contribution in [1.82, 2.24) is 4.98 Å². The van der Waals surface area contributed by atoms with Crippen LogP contribution in [0, 0.1) is 5.82 Å². The number of halogens is 1. The minimum Gasteiger partial charge on any atom is -0.452 e. The highest BCUT2D eigenvalue weighted by atomic mass is 19.1. The van der Waals surface area contributed by atoms with E-state index < -0.39 is 5.82 Å². The smallest absolute Gasteiger partial charge is 0.165 e. The van der Waals surface area contributed by atoms with Gasteiger partial charge in [-0.3, -0.25) is 4.98 Å². The number of ether oxygens (including phenoxy) is 1. The molecule has 0 radical (unpaired) electrons. The molecular formula is C12H10FNO2. The Labute approximate surface area is 92.1 Å². The Kier molecular flexibility index (Phi) is 3.12. The van der Waals surface area contributed by atoms with Crippen LogP contribution in [0.15, 0.2) is 42.7 Å². The van der Waals surface area contributed by atoms with Crippen molar-refractivity contribution in [2.45, 2.75) is 6.61 Å². The SMILES string of the molecule is OCc1ccncc1Oc1ccccc1F. The first-order valence-electron chi connectivity index (χ1n) is 4.77. The summed E-state index contributed by atoms with van der Waals surface area (Å²) in [5.41, 5.74) is 0.568. The van der Waals surface area contributed by atoms with Crippen molar-refractivity contribution < 1.29 is 14.2 Å². The molecule has 1 aromatic carbocycles. The molecule has 0 fully saturated rings. The molecule has 1 N–H and O–H groups in total. The lowest BCUT2D eigenvalue weighted by Crippen LogP contribution is -1.94. The van der Waals surface area contributed by atoms with E-state index >= 15 is 0 Å². The Balaban J connectivity index is 2.30. The molecule has 1 aromatic heterocycles. The summed E-state index contributed by atoms with van der Waals surface area (Å²) in [4.78, 5) is 3.86. The summed E-state index contributed by atoms with van der Waals surface area (Å²) >= 11 is 0. The van der Waals surface area contributed by atoms with Crippen LogP contribution in [0.2, 0.25) is 0 Å². The van der Waals surface area contributed by atoms with Crippen LogP contribution in [-0.4, -0.2) is 10.1 Å². The molecule has 0 aliphatic carbocycles. The number of hydrogen-bond acceptors (Lipinski definition) is 3. The van der Waals surface area contributed by atoms with Crippen LogP contribution < -0.4 is 4.74 Å². The molecule has 0 spiro atoms. The fourth-order valence-electron chi connectivity index (χ4n) is 1.28. The third kappa shape index (κ3) is 2.17. The van der Waals surface area contributed by atoms with Crippen LogP contribution >= 0.6 is 0 Å². The van der Waals surface area contributed by atoms with Gasteiger partial charge in [0.15, 0.2) is 17.3 Å². The number of pyridine rings is 1. The third-order valence-corrected chi connectivity index (χ3v) is 2.10. The van der Waals surface area contributed by atoms with E-state index in [9.17, 15) is 4.39 Å². The molecule has 2 rings (SSSR count). The first-order chi connectivity index (χ1) is 7.81. The Morgan fingerprint density at radius 1 is 1.19 bits per heavy atom. The van der Waals surface area contributed by atoms with E-state index in [4.69, 9.17) is 9.84 Å². The first-order valence-corrected chi connectivity index (χ1v) is 4.77. The van der Waals surface area contributed by atoms with Crippen LogP contribution in [0.5, 0.6) is 11.5 Å². The Morgan fingerprint density at radius 3 is 2.75 bits per heavy atom. The fraction of sp³-hybridized carbons (Fsp3) is 0.0833. The van der Waals surface area contributed by atoms with Crippen molar-refractivity contribution in [2.75, 3.05) is 0 Å². The number of benzene rings is 1. The summed E-state index contributed by atoms with van der Waals surface area (Å²) in [6.07, 6.45) is 2.98. The van der Waals surface area contributed by atoms with Gasteiger partial charge in [-0.25, -0.2) is 4.39 Å². The van der Waals surface area contributed by atoms with Gasteiger partial charge in [0, 0.05) is 11.8 Å². The minimum absolute atomic E-state index is 0.116. The normalized spacial score (nSPS) is 10.1. The number of aliphatic hydroxyl groups is 1. The molecule has 0 aliphatic rings. The molecule has 0 saturated carbocycles. The summed E-state index contributed by atoms with van der Waals surface area (Å²) in [5, 5.41) is 9.06.